The molecular weight excluding hydrogens is 278 g/mol. The van der Waals surface area contributed by atoms with Crippen LogP contribution < -0.4 is 4.72 Å². The minimum absolute atomic E-state index is 0.176. The maximum absolute atomic E-state index is 12.2. The molecule has 0 saturated carbocycles. The molecule has 0 aliphatic carbocycles. The van der Waals surface area contributed by atoms with E-state index in [1.807, 2.05) is 0 Å². The molecule has 0 saturated heterocycles. The van der Waals surface area contributed by atoms with Gasteiger partial charge >= 0.3 is 0 Å². The molecule has 7 heteroatoms. The summed E-state index contributed by atoms with van der Waals surface area (Å²) in [4.78, 5) is 4.09. The Hall–Kier alpha value is -1.70. The Morgan fingerprint density at radius 2 is 2.20 bits per heavy atom. The van der Waals surface area contributed by atoms with E-state index in [0.717, 1.165) is 0 Å². The van der Waals surface area contributed by atoms with Gasteiger partial charge < -0.3 is 9.67 Å². The zero-order valence-corrected chi connectivity index (χ0v) is 12.0. The van der Waals surface area contributed by atoms with E-state index >= 15 is 0 Å². The number of benzene rings is 1. The number of nitrogens with zero attached hydrogens (tertiary/aromatic N) is 2. The molecule has 0 aliphatic rings. The van der Waals surface area contributed by atoms with Crippen LogP contribution >= 0.6 is 0 Å². The highest BCUT2D eigenvalue weighted by Gasteiger charge is 2.17. The Morgan fingerprint density at radius 1 is 1.40 bits per heavy atom. The van der Waals surface area contributed by atoms with Gasteiger partial charge in [-0.2, -0.15) is 0 Å². The molecule has 0 atom stereocenters. The number of hydrogen-bond donors (Lipinski definition) is 2. The summed E-state index contributed by atoms with van der Waals surface area (Å²) in [5.41, 5.74) is 1.19. The largest absolute Gasteiger partial charge is 0.392 e. The van der Waals surface area contributed by atoms with Gasteiger partial charge in [0, 0.05) is 25.5 Å². The zero-order chi connectivity index (χ0) is 14.6. The number of imidazole rings is 1. The van der Waals surface area contributed by atoms with E-state index in [1.165, 1.54) is 6.07 Å². The van der Waals surface area contributed by atoms with Crippen LogP contribution in [0.15, 0.2) is 41.8 Å². The number of aromatic nitrogens is 2. The van der Waals surface area contributed by atoms with Crippen LogP contribution in [0.1, 0.15) is 11.1 Å². The Labute approximate surface area is 118 Å². The highest BCUT2D eigenvalue weighted by atomic mass is 32.2. The zero-order valence-electron chi connectivity index (χ0n) is 11.2. The van der Waals surface area contributed by atoms with E-state index in [4.69, 9.17) is 0 Å². The molecule has 20 heavy (non-hydrogen) atoms. The van der Waals surface area contributed by atoms with E-state index in [0.29, 0.717) is 17.7 Å². The predicted octanol–water partition coefficient (Wildman–Crippen LogP) is 0.662. The molecule has 1 heterocycles. The van der Waals surface area contributed by atoms with Gasteiger partial charge in [0.25, 0.3) is 0 Å². The fourth-order valence-corrected chi connectivity index (χ4v) is 3.24. The maximum atomic E-state index is 12.2. The molecule has 1 aromatic carbocycles. The van der Waals surface area contributed by atoms with Crippen LogP contribution in [0.4, 0.5) is 0 Å². The van der Waals surface area contributed by atoms with Crippen molar-refractivity contribution in [3.63, 3.8) is 0 Å². The fraction of sp³-hybridized carbons (Fsp3) is 0.308. The summed E-state index contributed by atoms with van der Waals surface area (Å²) in [6.45, 7) is 2.31. The summed E-state index contributed by atoms with van der Waals surface area (Å²) in [6, 6.07) is 4.87. The lowest BCUT2D eigenvalue weighted by atomic mass is 10.1. The second-order valence-corrected chi connectivity index (χ2v) is 6.13. The van der Waals surface area contributed by atoms with Crippen LogP contribution in [-0.4, -0.2) is 29.6 Å². The smallest absolute Gasteiger partial charge is 0.240 e. The third-order valence-corrected chi connectivity index (χ3v) is 4.68. The molecule has 108 valence electrons. The molecule has 0 unspecified atom stereocenters. The summed E-state index contributed by atoms with van der Waals surface area (Å²) in [6.07, 6.45) is 5.04. The van der Waals surface area contributed by atoms with Crippen molar-refractivity contribution in [1.82, 2.24) is 14.3 Å². The molecule has 0 bridgehead atoms. The maximum Gasteiger partial charge on any atom is 0.240 e. The average Bonchev–Trinajstić information content (AvgIpc) is 2.91. The predicted molar refractivity (Wildman–Crippen MR) is 74.5 cm³/mol. The first-order valence-corrected chi connectivity index (χ1v) is 7.67. The van der Waals surface area contributed by atoms with Crippen molar-refractivity contribution >= 4 is 10.0 Å². The first-order chi connectivity index (χ1) is 9.54. The first-order valence-electron chi connectivity index (χ1n) is 6.19. The van der Waals surface area contributed by atoms with Crippen molar-refractivity contribution in [1.29, 1.82) is 0 Å². The number of nitrogens with one attached hydrogen (secondary N) is 1. The highest BCUT2D eigenvalue weighted by molar-refractivity contribution is 7.89. The SMILES string of the molecule is Cc1c(CO)cccc1S(=O)(=O)NCCn1ccnc1. The molecule has 0 amide bonds. The van der Waals surface area contributed by atoms with E-state index in [9.17, 15) is 13.5 Å². The summed E-state index contributed by atoms with van der Waals surface area (Å²) in [5, 5.41) is 9.18. The number of aliphatic hydroxyl groups is 1. The van der Waals surface area contributed by atoms with E-state index in [2.05, 4.69) is 9.71 Å². The van der Waals surface area contributed by atoms with Crippen molar-refractivity contribution in [2.24, 2.45) is 0 Å². The van der Waals surface area contributed by atoms with Crippen molar-refractivity contribution in [2.75, 3.05) is 6.54 Å². The third kappa shape index (κ3) is 3.24. The molecule has 2 aromatic rings. The van der Waals surface area contributed by atoms with Gasteiger partial charge in [0.05, 0.1) is 17.8 Å². The summed E-state index contributed by atoms with van der Waals surface area (Å²) in [7, 11) is -3.57. The normalized spacial score (nSPS) is 11.7. The molecule has 0 aliphatic heterocycles. The van der Waals surface area contributed by atoms with Gasteiger partial charge in [-0.1, -0.05) is 12.1 Å². The molecular formula is C13H17N3O3S. The van der Waals surface area contributed by atoms with Gasteiger partial charge in [-0.3, -0.25) is 0 Å². The van der Waals surface area contributed by atoms with E-state index in [1.54, 1.807) is 42.3 Å². The van der Waals surface area contributed by atoms with Crippen LogP contribution in [0.25, 0.3) is 0 Å². The van der Waals surface area contributed by atoms with Crippen LogP contribution in [0.3, 0.4) is 0 Å². The minimum Gasteiger partial charge on any atom is -0.392 e. The first kappa shape index (κ1) is 14.7. The van der Waals surface area contributed by atoms with Crippen LogP contribution in [0, 0.1) is 6.92 Å². The molecule has 1 aromatic heterocycles. The van der Waals surface area contributed by atoms with Gasteiger partial charge in [-0.05, 0) is 24.1 Å². The average molecular weight is 295 g/mol. The molecule has 2 N–H and O–H groups in total. The lowest BCUT2D eigenvalue weighted by Crippen LogP contribution is -2.28. The highest BCUT2D eigenvalue weighted by Crippen LogP contribution is 2.18. The van der Waals surface area contributed by atoms with E-state index in [-0.39, 0.29) is 18.0 Å². The lowest BCUT2D eigenvalue weighted by molar-refractivity contribution is 0.280. The molecule has 0 fully saturated rings. The minimum atomic E-state index is -3.57. The van der Waals surface area contributed by atoms with Crippen LogP contribution in [0.5, 0.6) is 0 Å². The second-order valence-electron chi connectivity index (χ2n) is 4.40. The molecule has 6 nitrogen and oxygen atoms in total. The van der Waals surface area contributed by atoms with Crippen molar-refractivity contribution in [3.05, 3.63) is 48.0 Å². The summed E-state index contributed by atoms with van der Waals surface area (Å²) in [5.74, 6) is 0. The van der Waals surface area contributed by atoms with Crippen molar-refractivity contribution < 1.29 is 13.5 Å². The van der Waals surface area contributed by atoms with Gasteiger partial charge in [0.1, 0.15) is 0 Å². The number of sulfonamides is 1. The van der Waals surface area contributed by atoms with Crippen LogP contribution in [-0.2, 0) is 23.2 Å². The number of rotatable bonds is 6. The molecule has 2 rings (SSSR count). The van der Waals surface area contributed by atoms with Crippen LogP contribution in [0.2, 0.25) is 0 Å². The topological polar surface area (TPSA) is 84.2 Å². The Kier molecular flexibility index (Phi) is 4.53. The van der Waals surface area contributed by atoms with E-state index < -0.39 is 10.0 Å². The third-order valence-electron chi connectivity index (χ3n) is 3.08. The standard InChI is InChI=1S/C13H17N3O3S/c1-11-12(9-17)3-2-4-13(11)20(18,19)15-6-8-16-7-5-14-10-16/h2-5,7,10,15,17H,6,8-9H2,1H3. The Bertz CT molecular complexity index is 666. The van der Waals surface area contributed by atoms with Crippen molar-refractivity contribution in [2.45, 2.75) is 25.0 Å². The quantitative estimate of drug-likeness (QED) is 0.820. The summed E-state index contributed by atoms with van der Waals surface area (Å²) < 4.78 is 28.8. The second kappa shape index (κ2) is 6.17. The number of aliphatic hydroxyl groups excluding tert-OH is 1. The summed E-state index contributed by atoms with van der Waals surface area (Å²) >= 11 is 0. The van der Waals surface area contributed by atoms with Gasteiger partial charge in [0.2, 0.25) is 10.0 Å². The van der Waals surface area contributed by atoms with Gasteiger partial charge in [-0.25, -0.2) is 18.1 Å². The Balaban J connectivity index is 2.10. The monoisotopic (exact) mass is 295 g/mol. The fourth-order valence-electron chi connectivity index (χ4n) is 1.93. The molecule has 0 radical (unpaired) electrons. The van der Waals surface area contributed by atoms with Gasteiger partial charge in [-0.15, -0.1) is 0 Å². The Morgan fingerprint density at radius 3 is 2.85 bits per heavy atom. The van der Waals surface area contributed by atoms with Crippen molar-refractivity contribution in [3.8, 4) is 0 Å². The number of hydrogen-bond acceptors (Lipinski definition) is 4. The van der Waals surface area contributed by atoms with Gasteiger partial charge in [0.15, 0.2) is 0 Å². The lowest BCUT2D eigenvalue weighted by Gasteiger charge is -2.11. The molecule has 0 spiro atoms.